The molecule has 0 aliphatic heterocycles. The molecule has 2 N–H and O–H groups in total. The molecule has 1 aromatic carbocycles. The molecule has 0 saturated heterocycles. The van der Waals surface area contributed by atoms with Gasteiger partial charge in [0.25, 0.3) is 0 Å². The Kier molecular flexibility index (Phi) is 4.89. The number of amides is 2. The first-order chi connectivity index (χ1) is 8.45. The fraction of sp³-hybridized carbons (Fsp3) is 0.429. The highest BCUT2D eigenvalue weighted by atomic mass is 16.2. The van der Waals surface area contributed by atoms with Gasteiger partial charge >= 0.3 is 11.8 Å². The number of hydrogen-bond donors (Lipinski definition) is 2. The van der Waals surface area contributed by atoms with Gasteiger partial charge < -0.3 is 10.6 Å². The lowest BCUT2D eigenvalue weighted by Crippen LogP contribution is -2.36. The van der Waals surface area contributed by atoms with Crippen LogP contribution in [0.15, 0.2) is 12.1 Å². The van der Waals surface area contributed by atoms with Gasteiger partial charge in [0, 0.05) is 12.2 Å². The highest BCUT2D eigenvalue weighted by Crippen LogP contribution is 2.21. The van der Waals surface area contributed by atoms with Crippen molar-refractivity contribution in [2.24, 2.45) is 0 Å². The van der Waals surface area contributed by atoms with Crippen molar-refractivity contribution in [3.8, 4) is 0 Å². The van der Waals surface area contributed by atoms with E-state index in [4.69, 9.17) is 0 Å². The molecule has 4 heteroatoms. The quantitative estimate of drug-likeness (QED) is 0.805. The fourth-order valence-corrected chi connectivity index (χ4v) is 1.87. The number of rotatable bonds is 3. The van der Waals surface area contributed by atoms with E-state index in [-0.39, 0.29) is 0 Å². The molecule has 0 saturated carbocycles. The van der Waals surface area contributed by atoms with Gasteiger partial charge in [-0.1, -0.05) is 24.6 Å². The molecule has 98 valence electrons. The highest BCUT2D eigenvalue weighted by Gasteiger charge is 2.15. The van der Waals surface area contributed by atoms with Crippen LogP contribution in [0, 0.1) is 20.8 Å². The molecule has 2 amide bonds. The van der Waals surface area contributed by atoms with Crippen LogP contribution in [-0.4, -0.2) is 18.4 Å². The Morgan fingerprint density at radius 2 is 1.61 bits per heavy atom. The van der Waals surface area contributed by atoms with Crippen molar-refractivity contribution in [2.75, 3.05) is 11.9 Å². The summed E-state index contributed by atoms with van der Waals surface area (Å²) in [6, 6.07) is 3.96. The highest BCUT2D eigenvalue weighted by molar-refractivity contribution is 6.39. The molecule has 18 heavy (non-hydrogen) atoms. The first kappa shape index (κ1) is 14.2. The van der Waals surface area contributed by atoms with Crippen LogP contribution in [0.1, 0.15) is 30.0 Å². The van der Waals surface area contributed by atoms with E-state index < -0.39 is 11.8 Å². The lowest BCUT2D eigenvalue weighted by molar-refractivity contribution is -0.136. The molecular weight excluding hydrogens is 228 g/mol. The van der Waals surface area contributed by atoms with E-state index in [1.807, 2.05) is 39.8 Å². The van der Waals surface area contributed by atoms with Gasteiger partial charge in [-0.25, -0.2) is 0 Å². The molecule has 0 aliphatic carbocycles. The average molecular weight is 248 g/mol. The van der Waals surface area contributed by atoms with E-state index in [0.29, 0.717) is 6.54 Å². The van der Waals surface area contributed by atoms with Crippen molar-refractivity contribution in [3.05, 3.63) is 28.8 Å². The fourth-order valence-electron chi connectivity index (χ4n) is 1.87. The Balaban J connectivity index is 2.79. The van der Waals surface area contributed by atoms with Gasteiger partial charge in [0.2, 0.25) is 0 Å². The first-order valence-corrected chi connectivity index (χ1v) is 6.12. The Morgan fingerprint density at radius 1 is 1.06 bits per heavy atom. The monoisotopic (exact) mass is 248 g/mol. The number of carbonyl (C=O) groups excluding carboxylic acids is 2. The lowest BCUT2D eigenvalue weighted by atomic mass is 10.1. The summed E-state index contributed by atoms with van der Waals surface area (Å²) in [5.41, 5.74) is 3.78. The third-order valence-corrected chi connectivity index (χ3v) is 2.66. The second-order valence-electron chi connectivity index (χ2n) is 4.48. The maximum atomic E-state index is 11.7. The molecule has 0 aromatic heterocycles. The van der Waals surface area contributed by atoms with Gasteiger partial charge in [-0.2, -0.15) is 0 Å². The predicted molar refractivity (Wildman–Crippen MR) is 72.6 cm³/mol. The maximum absolute atomic E-state index is 11.7. The van der Waals surface area contributed by atoms with Gasteiger partial charge in [0.15, 0.2) is 0 Å². The van der Waals surface area contributed by atoms with Crippen LogP contribution in [0.25, 0.3) is 0 Å². The zero-order chi connectivity index (χ0) is 13.7. The average Bonchev–Trinajstić information content (AvgIpc) is 2.30. The van der Waals surface area contributed by atoms with E-state index in [1.54, 1.807) is 0 Å². The summed E-state index contributed by atoms with van der Waals surface area (Å²) in [6.07, 6.45) is 0.807. The van der Waals surface area contributed by atoms with E-state index in [1.165, 1.54) is 0 Å². The predicted octanol–water partition coefficient (Wildman–Crippen LogP) is 2.08. The third kappa shape index (κ3) is 3.58. The minimum atomic E-state index is -0.612. The Hall–Kier alpha value is -1.84. The Bertz CT molecular complexity index is 444. The van der Waals surface area contributed by atoms with Gasteiger partial charge in [-0.05, 0) is 38.3 Å². The smallest absolute Gasteiger partial charge is 0.313 e. The molecule has 0 fully saturated rings. The summed E-state index contributed by atoms with van der Waals surface area (Å²) in [6.45, 7) is 8.28. The van der Waals surface area contributed by atoms with E-state index in [2.05, 4.69) is 10.6 Å². The van der Waals surface area contributed by atoms with Gasteiger partial charge in [-0.15, -0.1) is 0 Å². The van der Waals surface area contributed by atoms with Crippen LogP contribution in [0.3, 0.4) is 0 Å². The number of aryl methyl sites for hydroxylation is 3. The van der Waals surface area contributed by atoms with E-state index in [0.717, 1.165) is 28.8 Å². The number of carbonyl (C=O) groups is 2. The van der Waals surface area contributed by atoms with E-state index >= 15 is 0 Å². The van der Waals surface area contributed by atoms with Crippen LogP contribution in [-0.2, 0) is 9.59 Å². The number of nitrogens with one attached hydrogen (secondary N) is 2. The summed E-state index contributed by atoms with van der Waals surface area (Å²) in [7, 11) is 0. The Morgan fingerprint density at radius 3 is 2.11 bits per heavy atom. The number of hydrogen-bond acceptors (Lipinski definition) is 2. The van der Waals surface area contributed by atoms with Gasteiger partial charge in [-0.3, -0.25) is 9.59 Å². The normalized spacial score (nSPS) is 10.0. The van der Waals surface area contributed by atoms with Crippen LogP contribution < -0.4 is 10.6 Å². The minimum absolute atomic E-state index is 0.512. The van der Waals surface area contributed by atoms with Crippen LogP contribution in [0.2, 0.25) is 0 Å². The van der Waals surface area contributed by atoms with Crippen molar-refractivity contribution in [1.29, 1.82) is 0 Å². The molecule has 4 nitrogen and oxygen atoms in total. The summed E-state index contributed by atoms with van der Waals surface area (Å²) in [5.74, 6) is -1.20. The van der Waals surface area contributed by atoms with Crippen molar-refractivity contribution in [2.45, 2.75) is 34.1 Å². The molecule has 0 aliphatic rings. The molecule has 0 unspecified atom stereocenters. The molecule has 1 rings (SSSR count). The summed E-state index contributed by atoms with van der Waals surface area (Å²) in [4.78, 5) is 23.2. The molecule has 0 heterocycles. The summed E-state index contributed by atoms with van der Waals surface area (Å²) < 4.78 is 0. The largest absolute Gasteiger partial charge is 0.348 e. The summed E-state index contributed by atoms with van der Waals surface area (Å²) >= 11 is 0. The SMILES string of the molecule is CCCNC(=O)C(=O)Nc1c(C)cc(C)cc1C. The topological polar surface area (TPSA) is 58.2 Å². The van der Waals surface area contributed by atoms with E-state index in [9.17, 15) is 9.59 Å². The minimum Gasteiger partial charge on any atom is -0.348 e. The molecule has 0 spiro atoms. The third-order valence-electron chi connectivity index (χ3n) is 2.66. The molecule has 0 bridgehead atoms. The standard InChI is InChI=1S/C14H20N2O2/c1-5-6-15-13(17)14(18)16-12-10(3)7-9(2)8-11(12)4/h7-8H,5-6H2,1-4H3,(H,15,17)(H,16,18). The van der Waals surface area contributed by atoms with Gasteiger partial charge in [0.1, 0.15) is 0 Å². The zero-order valence-electron chi connectivity index (χ0n) is 11.4. The van der Waals surface area contributed by atoms with Crippen LogP contribution in [0.5, 0.6) is 0 Å². The number of benzene rings is 1. The Labute approximate surface area is 108 Å². The lowest BCUT2D eigenvalue weighted by Gasteiger charge is -2.12. The van der Waals surface area contributed by atoms with Crippen LogP contribution >= 0.6 is 0 Å². The van der Waals surface area contributed by atoms with Crippen molar-refractivity contribution in [3.63, 3.8) is 0 Å². The van der Waals surface area contributed by atoms with Crippen LogP contribution in [0.4, 0.5) is 5.69 Å². The number of anilines is 1. The van der Waals surface area contributed by atoms with Crippen molar-refractivity contribution in [1.82, 2.24) is 5.32 Å². The second-order valence-corrected chi connectivity index (χ2v) is 4.48. The first-order valence-electron chi connectivity index (χ1n) is 6.12. The van der Waals surface area contributed by atoms with Gasteiger partial charge in [0.05, 0.1) is 0 Å². The molecule has 0 radical (unpaired) electrons. The van der Waals surface area contributed by atoms with Crippen molar-refractivity contribution < 1.29 is 9.59 Å². The molecular formula is C14H20N2O2. The zero-order valence-corrected chi connectivity index (χ0v) is 11.4. The molecule has 1 aromatic rings. The molecule has 0 atom stereocenters. The summed E-state index contributed by atoms with van der Waals surface area (Å²) in [5, 5.41) is 5.22. The van der Waals surface area contributed by atoms with Crippen molar-refractivity contribution >= 4 is 17.5 Å². The second kappa shape index (κ2) is 6.19. The maximum Gasteiger partial charge on any atom is 0.313 e.